The van der Waals surface area contributed by atoms with Crippen molar-refractivity contribution in [2.45, 2.75) is 54.4 Å². The Morgan fingerprint density at radius 1 is 1.00 bits per heavy atom. The van der Waals surface area contributed by atoms with Gasteiger partial charge in [0, 0.05) is 11.8 Å². The second-order valence-corrected chi connectivity index (χ2v) is 8.49. The predicted molar refractivity (Wildman–Crippen MR) is 81.7 cm³/mol. The van der Waals surface area contributed by atoms with Crippen molar-refractivity contribution in [2.24, 2.45) is 10.8 Å². The van der Waals surface area contributed by atoms with Crippen molar-refractivity contribution in [1.82, 2.24) is 15.1 Å². The lowest BCUT2D eigenvalue weighted by molar-refractivity contribution is 0.314. The van der Waals surface area contributed by atoms with Crippen molar-refractivity contribution in [3.8, 4) is 10.8 Å². The molecule has 0 spiro atoms. The largest absolute Gasteiger partial charge is 0.339 e. The number of aromatic nitrogens is 3. The summed E-state index contributed by atoms with van der Waals surface area (Å²) in [5.74, 6) is 1.29. The normalized spacial score (nSPS) is 12.9. The van der Waals surface area contributed by atoms with Gasteiger partial charge < -0.3 is 4.52 Å². The van der Waals surface area contributed by atoms with E-state index in [1.54, 1.807) is 11.3 Å². The zero-order chi connectivity index (χ0) is 15.0. The van der Waals surface area contributed by atoms with Gasteiger partial charge >= 0.3 is 0 Å². The molecule has 110 valence electrons. The molecule has 0 aliphatic carbocycles. The topological polar surface area (TPSA) is 51.8 Å². The zero-order valence-electron chi connectivity index (χ0n) is 13.1. The molecule has 0 fully saturated rings. The standard InChI is InChI=1S/C15H23N3OS/c1-14(2,3)7-10-9-20-13(16-10)12-17-11(19-18-12)8-15(4,5)6/h9H,7-8H2,1-6H3. The van der Waals surface area contributed by atoms with Gasteiger partial charge in [-0.25, -0.2) is 4.98 Å². The zero-order valence-corrected chi connectivity index (χ0v) is 14.0. The van der Waals surface area contributed by atoms with E-state index in [9.17, 15) is 0 Å². The summed E-state index contributed by atoms with van der Waals surface area (Å²) >= 11 is 1.58. The van der Waals surface area contributed by atoms with Gasteiger partial charge in [-0.05, 0) is 17.3 Å². The third kappa shape index (κ3) is 4.40. The third-order valence-corrected chi connectivity index (χ3v) is 3.49. The summed E-state index contributed by atoms with van der Waals surface area (Å²) in [5.41, 5.74) is 1.48. The highest BCUT2D eigenvalue weighted by molar-refractivity contribution is 7.13. The van der Waals surface area contributed by atoms with Gasteiger partial charge in [0.25, 0.3) is 0 Å². The summed E-state index contributed by atoms with van der Waals surface area (Å²) in [6, 6.07) is 0. The lowest BCUT2D eigenvalue weighted by atomic mass is 9.91. The first-order valence-electron chi connectivity index (χ1n) is 6.90. The van der Waals surface area contributed by atoms with Crippen LogP contribution in [0.1, 0.15) is 53.1 Å². The van der Waals surface area contributed by atoms with Crippen molar-refractivity contribution in [2.75, 3.05) is 0 Å². The molecule has 0 saturated carbocycles. The molecule has 0 N–H and O–H groups in total. The van der Waals surface area contributed by atoms with Crippen molar-refractivity contribution in [3.05, 3.63) is 17.0 Å². The van der Waals surface area contributed by atoms with Crippen LogP contribution < -0.4 is 0 Å². The summed E-state index contributed by atoms with van der Waals surface area (Å²) < 4.78 is 5.31. The monoisotopic (exact) mass is 293 g/mol. The number of hydrogen-bond acceptors (Lipinski definition) is 5. The van der Waals surface area contributed by atoms with Gasteiger partial charge in [0.2, 0.25) is 11.7 Å². The van der Waals surface area contributed by atoms with E-state index in [2.05, 4.69) is 62.0 Å². The SMILES string of the molecule is CC(C)(C)Cc1csc(-c2noc(CC(C)(C)C)n2)n1. The smallest absolute Gasteiger partial charge is 0.231 e. The molecule has 0 aliphatic rings. The Morgan fingerprint density at radius 2 is 1.65 bits per heavy atom. The Morgan fingerprint density at radius 3 is 2.25 bits per heavy atom. The molecule has 2 rings (SSSR count). The van der Waals surface area contributed by atoms with Crippen LogP contribution in [0.2, 0.25) is 0 Å². The van der Waals surface area contributed by atoms with E-state index in [-0.39, 0.29) is 10.8 Å². The molecule has 0 aromatic carbocycles. The van der Waals surface area contributed by atoms with E-state index in [1.807, 2.05) is 0 Å². The lowest BCUT2D eigenvalue weighted by Gasteiger charge is -2.15. The molecular weight excluding hydrogens is 270 g/mol. The van der Waals surface area contributed by atoms with Crippen molar-refractivity contribution >= 4 is 11.3 Å². The minimum atomic E-state index is 0.143. The van der Waals surface area contributed by atoms with Gasteiger partial charge in [0.15, 0.2) is 5.01 Å². The van der Waals surface area contributed by atoms with Crippen molar-refractivity contribution in [3.63, 3.8) is 0 Å². The fourth-order valence-electron chi connectivity index (χ4n) is 1.90. The van der Waals surface area contributed by atoms with Crippen LogP contribution in [0.4, 0.5) is 0 Å². The number of rotatable bonds is 3. The molecule has 5 heteroatoms. The van der Waals surface area contributed by atoms with Crippen molar-refractivity contribution < 1.29 is 4.52 Å². The van der Waals surface area contributed by atoms with E-state index in [4.69, 9.17) is 4.52 Å². The van der Waals surface area contributed by atoms with Crippen LogP contribution in [0.5, 0.6) is 0 Å². The van der Waals surface area contributed by atoms with Crippen LogP contribution in [0.15, 0.2) is 9.90 Å². The maximum absolute atomic E-state index is 5.31. The highest BCUT2D eigenvalue weighted by atomic mass is 32.1. The summed E-state index contributed by atoms with van der Waals surface area (Å²) in [5, 5.41) is 6.97. The summed E-state index contributed by atoms with van der Waals surface area (Å²) in [7, 11) is 0. The van der Waals surface area contributed by atoms with Gasteiger partial charge in [-0.2, -0.15) is 4.98 Å². The van der Waals surface area contributed by atoms with Crippen LogP contribution in [-0.4, -0.2) is 15.1 Å². The quantitative estimate of drug-likeness (QED) is 0.843. The molecule has 0 saturated heterocycles. The molecule has 20 heavy (non-hydrogen) atoms. The molecule has 2 aromatic rings. The molecule has 2 heterocycles. The number of hydrogen-bond donors (Lipinski definition) is 0. The van der Waals surface area contributed by atoms with Gasteiger partial charge in [-0.3, -0.25) is 0 Å². The first-order chi connectivity index (χ1) is 9.12. The Bertz CT molecular complexity index is 520. The summed E-state index contributed by atoms with van der Waals surface area (Å²) in [4.78, 5) is 9.05. The van der Waals surface area contributed by atoms with E-state index in [0.29, 0.717) is 11.7 Å². The number of thiazole rings is 1. The minimum absolute atomic E-state index is 0.143. The fraction of sp³-hybridized carbons (Fsp3) is 0.667. The average Bonchev–Trinajstić information content (AvgIpc) is 2.81. The molecule has 0 amide bonds. The van der Waals surface area contributed by atoms with Gasteiger partial charge in [-0.15, -0.1) is 11.3 Å². The Kier molecular flexibility index (Phi) is 4.00. The van der Waals surface area contributed by atoms with Crippen molar-refractivity contribution in [1.29, 1.82) is 0 Å². The molecular formula is C15H23N3OS. The van der Waals surface area contributed by atoms with E-state index in [0.717, 1.165) is 23.5 Å². The predicted octanol–water partition coefficient (Wildman–Crippen LogP) is 4.37. The first kappa shape index (κ1) is 15.2. The van der Waals surface area contributed by atoms with Crippen LogP contribution in [0, 0.1) is 10.8 Å². The number of nitrogens with zero attached hydrogens (tertiary/aromatic N) is 3. The first-order valence-corrected chi connectivity index (χ1v) is 7.78. The molecule has 4 nitrogen and oxygen atoms in total. The van der Waals surface area contributed by atoms with E-state index in [1.165, 1.54) is 0 Å². The molecule has 0 unspecified atom stereocenters. The Hall–Kier alpha value is -1.23. The minimum Gasteiger partial charge on any atom is -0.339 e. The second kappa shape index (κ2) is 5.28. The third-order valence-electron chi connectivity index (χ3n) is 2.60. The Balaban J connectivity index is 2.13. The van der Waals surface area contributed by atoms with Crippen LogP contribution >= 0.6 is 11.3 Å². The van der Waals surface area contributed by atoms with Gasteiger partial charge in [0.1, 0.15) is 0 Å². The average molecular weight is 293 g/mol. The molecule has 0 radical (unpaired) electrons. The highest BCUT2D eigenvalue weighted by Crippen LogP contribution is 2.27. The van der Waals surface area contributed by atoms with E-state index < -0.39 is 0 Å². The van der Waals surface area contributed by atoms with Gasteiger partial charge in [0.05, 0.1) is 5.69 Å². The molecule has 0 bridgehead atoms. The van der Waals surface area contributed by atoms with E-state index >= 15 is 0 Å². The summed E-state index contributed by atoms with van der Waals surface area (Å²) in [6.07, 6.45) is 1.73. The van der Waals surface area contributed by atoms with Crippen LogP contribution in [0.3, 0.4) is 0 Å². The molecule has 2 aromatic heterocycles. The highest BCUT2D eigenvalue weighted by Gasteiger charge is 2.19. The maximum Gasteiger partial charge on any atom is 0.231 e. The van der Waals surface area contributed by atoms with Crippen LogP contribution in [0.25, 0.3) is 10.8 Å². The van der Waals surface area contributed by atoms with Gasteiger partial charge in [-0.1, -0.05) is 46.7 Å². The Labute approximate surface area is 124 Å². The second-order valence-electron chi connectivity index (χ2n) is 7.63. The fourth-order valence-corrected chi connectivity index (χ4v) is 2.64. The molecule has 0 aliphatic heterocycles. The maximum atomic E-state index is 5.31. The molecule has 0 atom stereocenters. The van der Waals surface area contributed by atoms with Crippen LogP contribution in [-0.2, 0) is 12.8 Å². The summed E-state index contributed by atoms with van der Waals surface area (Å²) in [6.45, 7) is 13.1. The lowest BCUT2D eigenvalue weighted by Crippen LogP contribution is -2.09.